The highest BCUT2D eigenvalue weighted by Gasteiger charge is 2.31. The average Bonchev–Trinajstić information content (AvgIpc) is 2.71. The molecule has 0 saturated carbocycles. The Morgan fingerprint density at radius 3 is 2.53 bits per heavy atom. The summed E-state index contributed by atoms with van der Waals surface area (Å²) in [5.74, 6) is -0.344. The number of nitrogens with one attached hydrogen (secondary N) is 1. The van der Waals surface area contributed by atoms with Crippen LogP contribution in [-0.4, -0.2) is 52.3 Å². The Morgan fingerprint density at radius 2 is 1.97 bits per heavy atom. The first kappa shape index (κ1) is 21.7. The fraction of sp³-hybridized carbons (Fsp3) is 0.409. The number of halogens is 1. The van der Waals surface area contributed by atoms with E-state index in [-0.39, 0.29) is 23.7 Å². The lowest BCUT2D eigenvalue weighted by Gasteiger charge is -2.44. The molecule has 1 aromatic heterocycles. The highest BCUT2D eigenvalue weighted by molar-refractivity contribution is 5.78. The first-order valence-electron chi connectivity index (χ1n) is 10.0. The number of amides is 2. The Labute approximate surface area is 176 Å². The highest BCUT2D eigenvalue weighted by Crippen LogP contribution is 2.25. The molecular weight excluding hydrogens is 385 g/mol. The van der Waals surface area contributed by atoms with E-state index in [4.69, 9.17) is 0 Å². The van der Waals surface area contributed by atoms with Crippen LogP contribution in [0.5, 0.6) is 0 Å². The van der Waals surface area contributed by atoms with Crippen molar-refractivity contribution in [3.8, 4) is 0 Å². The van der Waals surface area contributed by atoms with Gasteiger partial charge in [0.15, 0.2) is 5.82 Å². The number of rotatable bonds is 6. The molecule has 0 bridgehead atoms. The van der Waals surface area contributed by atoms with E-state index in [1.807, 2.05) is 25.7 Å². The quantitative estimate of drug-likeness (QED) is 0.583. The molecule has 30 heavy (non-hydrogen) atoms. The molecule has 1 aliphatic rings. The van der Waals surface area contributed by atoms with Crippen LogP contribution in [0.2, 0.25) is 0 Å². The first-order valence-corrected chi connectivity index (χ1v) is 10.0. The number of hydrogen-bond donors (Lipinski definition) is 1. The van der Waals surface area contributed by atoms with E-state index in [1.54, 1.807) is 43.5 Å². The highest BCUT2D eigenvalue weighted by atomic mass is 19.1. The van der Waals surface area contributed by atoms with Crippen molar-refractivity contribution >= 4 is 23.7 Å². The molecule has 2 heterocycles. The van der Waals surface area contributed by atoms with Crippen LogP contribution >= 0.6 is 0 Å². The smallest absolute Gasteiger partial charge is 0.232 e. The van der Waals surface area contributed by atoms with Gasteiger partial charge in [0.05, 0.1) is 17.6 Å². The minimum atomic E-state index is -0.405. The van der Waals surface area contributed by atoms with Crippen molar-refractivity contribution in [2.75, 3.05) is 23.5 Å². The second-order valence-corrected chi connectivity index (χ2v) is 7.82. The summed E-state index contributed by atoms with van der Waals surface area (Å²) in [6, 6.07) is 8.84. The molecule has 0 aliphatic carbocycles. The summed E-state index contributed by atoms with van der Waals surface area (Å²) in [6.45, 7) is 9.18. The normalized spacial score (nSPS) is 19.4. The number of piperazine rings is 1. The largest absolute Gasteiger partial charge is 0.340 e. The molecule has 2 amide bonds. The molecule has 3 rings (SSSR count). The lowest BCUT2D eigenvalue weighted by atomic mass is 10.1. The van der Waals surface area contributed by atoms with Gasteiger partial charge in [0.2, 0.25) is 12.3 Å². The van der Waals surface area contributed by atoms with Gasteiger partial charge in [-0.1, -0.05) is 12.1 Å². The maximum atomic E-state index is 15.3. The predicted octanol–water partition coefficient (Wildman–Crippen LogP) is 2.96. The number of aryl methyl sites for hydroxylation is 1. The average molecular weight is 413 g/mol. The molecule has 160 valence electrons. The summed E-state index contributed by atoms with van der Waals surface area (Å²) in [6.07, 6.45) is 2.14. The van der Waals surface area contributed by atoms with Crippen LogP contribution < -0.4 is 10.4 Å². The summed E-state index contributed by atoms with van der Waals surface area (Å²) in [5.41, 5.74) is 4.92. The number of aromatic nitrogens is 1. The molecule has 8 heteroatoms. The topological polar surface area (TPSA) is 68.8 Å². The van der Waals surface area contributed by atoms with Crippen molar-refractivity contribution < 1.29 is 14.0 Å². The van der Waals surface area contributed by atoms with Gasteiger partial charge in [0.25, 0.3) is 0 Å². The Balaban J connectivity index is 1.77. The van der Waals surface area contributed by atoms with Crippen LogP contribution in [0.3, 0.4) is 0 Å². The molecular formula is C22H28FN5O2. The maximum absolute atomic E-state index is 15.3. The number of carbonyl (C=O) groups is 2. The van der Waals surface area contributed by atoms with E-state index in [2.05, 4.69) is 15.3 Å². The third-order valence-corrected chi connectivity index (χ3v) is 5.50. The molecule has 1 aromatic carbocycles. The Bertz CT molecular complexity index is 893. The van der Waals surface area contributed by atoms with Crippen molar-refractivity contribution in [1.82, 2.24) is 14.8 Å². The first-order chi connectivity index (χ1) is 14.3. The van der Waals surface area contributed by atoms with E-state index >= 15 is 4.39 Å². The van der Waals surface area contributed by atoms with Crippen molar-refractivity contribution in [2.45, 2.75) is 46.3 Å². The number of hydrazine groups is 1. The lowest BCUT2D eigenvalue weighted by molar-refractivity contribution is -0.133. The molecule has 0 radical (unpaired) electrons. The zero-order valence-electron chi connectivity index (χ0n) is 17.8. The molecule has 1 N–H and O–H groups in total. The summed E-state index contributed by atoms with van der Waals surface area (Å²) in [4.78, 5) is 31.5. The van der Waals surface area contributed by atoms with Gasteiger partial charge in [0.1, 0.15) is 0 Å². The van der Waals surface area contributed by atoms with E-state index in [1.165, 1.54) is 5.01 Å². The maximum Gasteiger partial charge on any atom is 0.232 e. The number of hydrogen-bond acceptors (Lipinski definition) is 5. The summed E-state index contributed by atoms with van der Waals surface area (Å²) in [7, 11) is 0. The minimum Gasteiger partial charge on any atom is -0.340 e. The zero-order valence-corrected chi connectivity index (χ0v) is 17.8. The van der Waals surface area contributed by atoms with Gasteiger partial charge in [-0.25, -0.2) is 9.40 Å². The van der Waals surface area contributed by atoms with Crippen molar-refractivity contribution in [2.24, 2.45) is 0 Å². The van der Waals surface area contributed by atoms with Gasteiger partial charge in [0, 0.05) is 49.9 Å². The van der Waals surface area contributed by atoms with E-state index in [0.717, 1.165) is 5.69 Å². The lowest BCUT2D eigenvalue weighted by Crippen LogP contribution is -2.57. The second-order valence-electron chi connectivity index (χ2n) is 7.82. The Kier molecular flexibility index (Phi) is 6.66. The fourth-order valence-electron chi connectivity index (χ4n) is 3.79. The standard InChI is InChI=1S/C22H28FN5O2/c1-15-8-9-20(10-24-15)28(14-29)25-21-7-5-6-19(22(21)23)13-27-16(2)11-26(18(4)30)12-17(27)3/h5-10,14,16-17,25H,11-13H2,1-4H3/t16-,17+. The zero-order chi connectivity index (χ0) is 21.8. The predicted molar refractivity (Wildman–Crippen MR) is 114 cm³/mol. The monoisotopic (exact) mass is 413 g/mol. The fourth-order valence-corrected chi connectivity index (χ4v) is 3.79. The van der Waals surface area contributed by atoms with Crippen molar-refractivity contribution in [3.05, 3.63) is 53.6 Å². The molecule has 0 spiro atoms. The second kappa shape index (κ2) is 9.21. The third kappa shape index (κ3) is 4.76. The van der Waals surface area contributed by atoms with Crippen molar-refractivity contribution in [1.29, 1.82) is 0 Å². The molecule has 2 atom stereocenters. The van der Waals surface area contributed by atoms with Gasteiger partial charge in [-0.05, 0) is 39.0 Å². The van der Waals surface area contributed by atoms with Gasteiger partial charge in [-0.15, -0.1) is 0 Å². The summed E-state index contributed by atoms with van der Waals surface area (Å²) in [5, 5.41) is 1.20. The number of nitrogens with zero attached hydrogens (tertiary/aromatic N) is 4. The molecule has 1 aliphatic heterocycles. The summed E-state index contributed by atoms with van der Waals surface area (Å²) >= 11 is 0. The van der Waals surface area contributed by atoms with E-state index in [0.29, 0.717) is 37.3 Å². The SMILES string of the molecule is CC(=O)N1C[C@@H](C)N(Cc2cccc(NN(C=O)c3ccc(C)nc3)c2F)[C@@H](C)C1. The van der Waals surface area contributed by atoms with E-state index in [9.17, 15) is 9.59 Å². The molecule has 2 aromatic rings. The number of carbonyl (C=O) groups excluding carboxylic acids is 2. The van der Waals surface area contributed by atoms with Crippen LogP contribution in [0.4, 0.5) is 15.8 Å². The van der Waals surface area contributed by atoms with Crippen LogP contribution in [0.1, 0.15) is 32.0 Å². The molecule has 0 unspecified atom stereocenters. The molecule has 1 fully saturated rings. The van der Waals surface area contributed by atoms with E-state index < -0.39 is 5.82 Å². The minimum absolute atomic E-state index is 0.0604. The number of anilines is 2. The van der Waals surface area contributed by atoms with Crippen LogP contribution in [-0.2, 0) is 16.1 Å². The Morgan fingerprint density at radius 1 is 1.27 bits per heavy atom. The van der Waals surface area contributed by atoms with Crippen LogP contribution in [0.15, 0.2) is 36.5 Å². The molecule has 1 saturated heterocycles. The number of benzene rings is 1. The van der Waals surface area contributed by atoms with Crippen molar-refractivity contribution in [3.63, 3.8) is 0 Å². The summed E-state index contributed by atoms with van der Waals surface area (Å²) < 4.78 is 15.3. The number of pyridine rings is 1. The van der Waals surface area contributed by atoms with Gasteiger partial charge in [-0.2, -0.15) is 0 Å². The Hall–Kier alpha value is -3.00. The van der Waals surface area contributed by atoms with Gasteiger partial charge < -0.3 is 4.90 Å². The van der Waals surface area contributed by atoms with Crippen LogP contribution in [0, 0.1) is 12.7 Å². The van der Waals surface area contributed by atoms with Crippen LogP contribution in [0.25, 0.3) is 0 Å². The van der Waals surface area contributed by atoms with Gasteiger partial charge >= 0.3 is 0 Å². The third-order valence-electron chi connectivity index (χ3n) is 5.50. The van der Waals surface area contributed by atoms with Gasteiger partial charge in [-0.3, -0.25) is 24.9 Å². The molecule has 7 nitrogen and oxygen atoms in total.